The average molecular weight is 905 g/mol. The van der Waals surface area contributed by atoms with E-state index in [1.807, 2.05) is 10.6 Å². The summed E-state index contributed by atoms with van der Waals surface area (Å²) in [5.41, 5.74) is -1.49. The molecule has 0 aromatic heterocycles. The molecular formula is C41H44ClF7N4O9. The van der Waals surface area contributed by atoms with Crippen molar-refractivity contribution in [2.75, 3.05) is 20.3 Å². The third-order valence-corrected chi connectivity index (χ3v) is 8.76. The van der Waals surface area contributed by atoms with Crippen LogP contribution in [0, 0.1) is 5.92 Å². The number of hydrogen-bond acceptors (Lipinski definition) is 9. The molecule has 0 saturated heterocycles. The molecule has 3 aromatic rings. The molecular weight excluding hydrogens is 861 g/mol. The zero-order valence-electron chi connectivity index (χ0n) is 34.1. The van der Waals surface area contributed by atoms with Crippen LogP contribution in [0.2, 0.25) is 5.02 Å². The molecule has 0 bridgehead atoms. The van der Waals surface area contributed by atoms with E-state index in [9.17, 15) is 41.9 Å². The molecule has 0 fully saturated rings. The molecule has 0 heterocycles. The Morgan fingerprint density at radius 1 is 0.742 bits per heavy atom. The summed E-state index contributed by atoms with van der Waals surface area (Å²) in [5, 5.41) is 7.08. The summed E-state index contributed by atoms with van der Waals surface area (Å²) in [6, 6.07) is 8.70. The number of carbonyl (C=O) groups is 6. The van der Waals surface area contributed by atoms with Crippen molar-refractivity contribution in [1.29, 1.82) is 0 Å². The number of ketones is 1. The first-order valence-electron chi connectivity index (χ1n) is 18.5. The van der Waals surface area contributed by atoms with Gasteiger partial charge in [0.1, 0.15) is 35.7 Å². The molecule has 0 aliphatic carbocycles. The van der Waals surface area contributed by atoms with Crippen LogP contribution in [0.1, 0.15) is 57.4 Å². The van der Waals surface area contributed by atoms with Gasteiger partial charge in [0.05, 0.1) is 13.2 Å². The molecule has 13 nitrogen and oxygen atoms in total. The number of alkyl halides is 7. The second kappa shape index (κ2) is 20.8. The van der Waals surface area contributed by atoms with Gasteiger partial charge < -0.3 is 35.5 Å². The predicted molar refractivity (Wildman–Crippen MR) is 208 cm³/mol. The largest absolute Gasteiger partial charge is 0.497 e. The van der Waals surface area contributed by atoms with E-state index in [2.05, 4.69) is 5.32 Å². The predicted octanol–water partition coefficient (Wildman–Crippen LogP) is 5.77. The van der Waals surface area contributed by atoms with Crippen LogP contribution in [0.5, 0.6) is 11.5 Å². The molecule has 3 unspecified atom stereocenters. The third kappa shape index (κ3) is 14.6. The van der Waals surface area contributed by atoms with E-state index in [0.717, 1.165) is 23.5 Å². The molecule has 338 valence electrons. The van der Waals surface area contributed by atoms with Crippen molar-refractivity contribution in [1.82, 2.24) is 21.3 Å². The van der Waals surface area contributed by atoms with Gasteiger partial charge in [0, 0.05) is 17.0 Å². The number of halogens is 8. The SMILES string of the molecule is COc1ccc(C(NC(=O)C(Cc2ccc(OCC(=O)OC(C)(C)C)cc2)NC(=O)C(F)(F)c2cccc(Cl)c2)C(=O)NC(C(=O)C(F)(F)C(=O)NCC(F)(F)F)C(C)C)cc1. The number of esters is 1. The van der Waals surface area contributed by atoms with Crippen LogP contribution < -0.4 is 30.7 Å². The van der Waals surface area contributed by atoms with Gasteiger partial charge in [-0.1, -0.05) is 61.8 Å². The monoisotopic (exact) mass is 904 g/mol. The summed E-state index contributed by atoms with van der Waals surface area (Å²) in [7, 11) is 1.30. The molecule has 4 N–H and O–H groups in total. The Labute approximate surface area is 356 Å². The van der Waals surface area contributed by atoms with Crippen LogP contribution in [0.25, 0.3) is 0 Å². The number of hydrogen-bond donors (Lipinski definition) is 4. The molecule has 21 heteroatoms. The number of Topliss-reactive ketones (excluding diaryl/α,β-unsaturated/α-hetero) is 1. The molecule has 0 aliphatic rings. The summed E-state index contributed by atoms with van der Waals surface area (Å²) in [6.07, 6.45) is -5.63. The zero-order valence-corrected chi connectivity index (χ0v) is 34.8. The lowest BCUT2D eigenvalue weighted by molar-refractivity contribution is -0.165. The van der Waals surface area contributed by atoms with Crippen LogP contribution in [-0.2, 0) is 45.8 Å². The van der Waals surface area contributed by atoms with Crippen molar-refractivity contribution in [3.63, 3.8) is 0 Å². The van der Waals surface area contributed by atoms with Gasteiger partial charge >= 0.3 is 24.0 Å². The third-order valence-electron chi connectivity index (χ3n) is 8.52. The molecule has 3 aromatic carbocycles. The number of methoxy groups -OCH3 is 1. The first-order valence-corrected chi connectivity index (χ1v) is 18.9. The highest BCUT2D eigenvalue weighted by Crippen LogP contribution is 2.31. The van der Waals surface area contributed by atoms with Crippen LogP contribution in [0.4, 0.5) is 30.7 Å². The van der Waals surface area contributed by atoms with Crippen LogP contribution >= 0.6 is 11.6 Å². The highest BCUT2D eigenvalue weighted by molar-refractivity contribution is 6.30. The average Bonchev–Trinajstić information content (AvgIpc) is 3.18. The Bertz CT molecular complexity index is 2080. The molecule has 4 amide bonds. The zero-order chi connectivity index (χ0) is 46.8. The van der Waals surface area contributed by atoms with Crippen molar-refractivity contribution in [3.05, 3.63) is 94.5 Å². The highest BCUT2D eigenvalue weighted by Gasteiger charge is 2.52. The lowest BCUT2D eigenvalue weighted by atomic mass is 9.94. The van der Waals surface area contributed by atoms with Crippen molar-refractivity contribution in [2.24, 2.45) is 5.92 Å². The van der Waals surface area contributed by atoms with Gasteiger partial charge in [-0.2, -0.15) is 30.7 Å². The smallest absolute Gasteiger partial charge is 0.405 e. The van der Waals surface area contributed by atoms with E-state index in [1.54, 1.807) is 20.8 Å². The molecule has 0 aliphatic heterocycles. The Hall–Kier alpha value is -5.92. The van der Waals surface area contributed by atoms with Gasteiger partial charge in [-0.25, -0.2) is 4.79 Å². The summed E-state index contributed by atoms with van der Waals surface area (Å²) in [6.45, 7) is 4.65. The summed E-state index contributed by atoms with van der Waals surface area (Å²) in [5.74, 6) is -20.4. The Morgan fingerprint density at radius 2 is 1.34 bits per heavy atom. The second-order valence-electron chi connectivity index (χ2n) is 15.0. The Morgan fingerprint density at radius 3 is 1.87 bits per heavy atom. The highest BCUT2D eigenvalue weighted by atomic mass is 35.5. The maximum absolute atomic E-state index is 15.6. The Balaban J connectivity index is 2.00. The lowest BCUT2D eigenvalue weighted by Crippen LogP contribution is -2.59. The molecule has 0 saturated carbocycles. The minimum Gasteiger partial charge on any atom is -0.497 e. The fourth-order valence-corrected chi connectivity index (χ4v) is 5.64. The minimum atomic E-state index is -5.10. The van der Waals surface area contributed by atoms with Crippen molar-refractivity contribution in [3.8, 4) is 11.5 Å². The lowest BCUT2D eigenvalue weighted by Gasteiger charge is -2.29. The van der Waals surface area contributed by atoms with Crippen molar-refractivity contribution < 1.29 is 73.7 Å². The van der Waals surface area contributed by atoms with Crippen LogP contribution in [0.15, 0.2) is 72.8 Å². The van der Waals surface area contributed by atoms with E-state index in [1.165, 1.54) is 75.6 Å². The van der Waals surface area contributed by atoms with E-state index in [4.69, 9.17) is 25.8 Å². The van der Waals surface area contributed by atoms with E-state index in [0.29, 0.717) is 0 Å². The van der Waals surface area contributed by atoms with Crippen LogP contribution in [-0.4, -0.2) is 85.4 Å². The van der Waals surface area contributed by atoms with Gasteiger partial charge in [0.15, 0.2) is 6.61 Å². The standard InChI is InChI=1S/C41H44ClF7N4O9/c1-22(2)31(33(55)41(48,49)36(58)50-21-39(43,44)45)52-35(57)32(24-12-16-27(60-6)17-13-24)53-34(56)29(51-37(59)40(46,47)25-8-7-9-26(42)19-25)18-23-10-14-28(15-11-23)61-20-30(54)62-38(3,4)5/h7-17,19,22,29,31-32H,18,20-21H2,1-6H3,(H,50,58)(H,51,59)(H,52,57)(H,53,56). The normalized spacial score (nSPS) is 13.5. The summed E-state index contributed by atoms with van der Waals surface area (Å²) in [4.78, 5) is 78.5. The second-order valence-corrected chi connectivity index (χ2v) is 15.5. The summed E-state index contributed by atoms with van der Waals surface area (Å²) < 4.78 is 115. The molecule has 62 heavy (non-hydrogen) atoms. The fourth-order valence-electron chi connectivity index (χ4n) is 5.45. The van der Waals surface area contributed by atoms with Gasteiger partial charge in [0.2, 0.25) is 17.6 Å². The fraction of sp³-hybridized carbons (Fsp3) is 0.415. The van der Waals surface area contributed by atoms with Crippen LogP contribution in [0.3, 0.4) is 0 Å². The van der Waals surface area contributed by atoms with Crippen molar-refractivity contribution in [2.45, 2.75) is 82.8 Å². The number of rotatable bonds is 19. The van der Waals surface area contributed by atoms with Gasteiger partial charge in [-0.3, -0.25) is 24.0 Å². The number of carbonyl (C=O) groups excluding carboxylic acids is 6. The first-order chi connectivity index (χ1) is 28.6. The summed E-state index contributed by atoms with van der Waals surface area (Å²) >= 11 is 5.88. The van der Waals surface area contributed by atoms with Gasteiger partial charge in [-0.05, 0) is 74.2 Å². The maximum atomic E-state index is 15.6. The number of ether oxygens (including phenoxy) is 3. The molecule has 0 spiro atoms. The molecule has 3 atom stereocenters. The molecule has 0 radical (unpaired) electrons. The number of nitrogens with one attached hydrogen (secondary N) is 4. The van der Waals surface area contributed by atoms with Gasteiger partial charge in [0.25, 0.3) is 11.8 Å². The minimum absolute atomic E-state index is 0.0953. The quantitative estimate of drug-likeness (QED) is 0.0661. The first kappa shape index (κ1) is 50.4. The number of amides is 4. The van der Waals surface area contributed by atoms with E-state index >= 15 is 17.6 Å². The topological polar surface area (TPSA) is 178 Å². The van der Waals surface area contributed by atoms with Gasteiger partial charge in [-0.15, -0.1) is 0 Å². The van der Waals surface area contributed by atoms with E-state index in [-0.39, 0.29) is 27.6 Å². The molecule has 3 rings (SSSR count). The van der Waals surface area contributed by atoms with Crippen molar-refractivity contribution >= 4 is 47.0 Å². The van der Waals surface area contributed by atoms with E-state index < -0.39 is 108 Å². The maximum Gasteiger partial charge on any atom is 0.405 e. The number of benzene rings is 3. The Kier molecular flexibility index (Phi) is 16.9.